The van der Waals surface area contributed by atoms with Crippen molar-refractivity contribution in [2.75, 3.05) is 6.54 Å². The summed E-state index contributed by atoms with van der Waals surface area (Å²) < 4.78 is 4.22. The van der Waals surface area contributed by atoms with Crippen molar-refractivity contribution in [3.63, 3.8) is 0 Å². The minimum atomic E-state index is 0.0535. The number of hydrogen-bond acceptors (Lipinski definition) is 3. The van der Waals surface area contributed by atoms with E-state index < -0.39 is 0 Å². The van der Waals surface area contributed by atoms with E-state index in [9.17, 15) is 4.79 Å². The first-order valence-electron chi connectivity index (χ1n) is 9.77. The van der Waals surface area contributed by atoms with E-state index in [1.807, 2.05) is 40.9 Å². The Balaban J connectivity index is 1.34. The molecule has 0 unspecified atom stereocenters. The molecule has 0 aliphatic carbocycles. The van der Waals surface area contributed by atoms with Crippen molar-refractivity contribution in [3.05, 3.63) is 66.2 Å². The number of aryl methyl sites for hydroxylation is 1. The summed E-state index contributed by atoms with van der Waals surface area (Å²) in [5.41, 5.74) is 3.10. The van der Waals surface area contributed by atoms with Gasteiger partial charge in [-0.2, -0.15) is 0 Å². The Hall–Kier alpha value is -3.15. The molecular formula is C22H25N5O. The molecule has 6 nitrogen and oxygen atoms in total. The highest BCUT2D eigenvalue weighted by Crippen LogP contribution is 2.24. The van der Waals surface area contributed by atoms with Crippen LogP contribution in [-0.2, 0) is 17.6 Å². The van der Waals surface area contributed by atoms with E-state index in [4.69, 9.17) is 0 Å². The zero-order chi connectivity index (χ0) is 19.5. The van der Waals surface area contributed by atoms with Gasteiger partial charge in [-0.05, 0) is 44.0 Å². The highest BCUT2D eigenvalue weighted by atomic mass is 16.1. The molecule has 0 saturated carbocycles. The summed E-state index contributed by atoms with van der Waals surface area (Å²) in [5, 5.41) is 12.6. The van der Waals surface area contributed by atoms with Crippen LogP contribution in [0.3, 0.4) is 0 Å². The predicted molar refractivity (Wildman–Crippen MR) is 110 cm³/mol. The highest BCUT2D eigenvalue weighted by Gasteiger charge is 2.13. The van der Waals surface area contributed by atoms with Crippen molar-refractivity contribution in [1.29, 1.82) is 0 Å². The Morgan fingerprint density at radius 3 is 2.79 bits per heavy atom. The van der Waals surface area contributed by atoms with Gasteiger partial charge in [0.15, 0.2) is 5.65 Å². The smallest absolute Gasteiger partial charge is 0.224 e. The monoisotopic (exact) mass is 375 g/mol. The molecule has 4 rings (SSSR count). The molecule has 144 valence electrons. The average Bonchev–Trinajstić information content (AvgIpc) is 3.27. The van der Waals surface area contributed by atoms with Gasteiger partial charge in [0, 0.05) is 42.3 Å². The van der Waals surface area contributed by atoms with Gasteiger partial charge < -0.3 is 9.88 Å². The molecular weight excluding hydrogens is 350 g/mol. The van der Waals surface area contributed by atoms with E-state index in [1.54, 1.807) is 0 Å². The molecule has 1 N–H and O–H groups in total. The number of amides is 1. The van der Waals surface area contributed by atoms with Crippen molar-refractivity contribution in [3.8, 4) is 0 Å². The molecule has 0 atom stereocenters. The largest absolute Gasteiger partial charge is 0.356 e. The minimum absolute atomic E-state index is 0.0535. The fourth-order valence-electron chi connectivity index (χ4n) is 3.62. The zero-order valence-corrected chi connectivity index (χ0v) is 16.3. The Labute approximate surface area is 164 Å². The second kappa shape index (κ2) is 7.84. The van der Waals surface area contributed by atoms with Crippen LogP contribution in [0.5, 0.6) is 0 Å². The van der Waals surface area contributed by atoms with Crippen molar-refractivity contribution >= 4 is 22.5 Å². The van der Waals surface area contributed by atoms with Crippen LogP contribution in [0.1, 0.15) is 37.7 Å². The maximum absolute atomic E-state index is 12.5. The minimum Gasteiger partial charge on any atom is -0.356 e. The Morgan fingerprint density at radius 1 is 1.11 bits per heavy atom. The number of rotatable bonds is 7. The molecule has 1 amide bonds. The molecule has 3 heterocycles. The zero-order valence-electron chi connectivity index (χ0n) is 16.3. The van der Waals surface area contributed by atoms with Crippen molar-refractivity contribution in [2.24, 2.45) is 0 Å². The van der Waals surface area contributed by atoms with E-state index in [0.29, 0.717) is 19.0 Å². The first kappa shape index (κ1) is 18.2. The summed E-state index contributed by atoms with van der Waals surface area (Å²) in [6.07, 6.45) is 6.08. The number of nitrogens with zero attached hydrogens (tertiary/aromatic N) is 4. The SMILES string of the molecule is CC(C)n1cc(CC(=O)NCCCc2nnc3ccccn23)c2ccccc21. The summed E-state index contributed by atoms with van der Waals surface area (Å²) in [5.74, 6) is 0.975. The van der Waals surface area contributed by atoms with Gasteiger partial charge in [-0.3, -0.25) is 9.20 Å². The average molecular weight is 375 g/mol. The lowest BCUT2D eigenvalue weighted by atomic mass is 10.1. The number of para-hydroxylation sites is 1. The number of fused-ring (bicyclic) bond motifs is 2. The van der Waals surface area contributed by atoms with Crippen LogP contribution < -0.4 is 5.32 Å². The number of aromatic nitrogens is 4. The summed E-state index contributed by atoms with van der Waals surface area (Å²) in [7, 11) is 0. The van der Waals surface area contributed by atoms with E-state index in [0.717, 1.165) is 35.3 Å². The van der Waals surface area contributed by atoms with Gasteiger partial charge in [0.25, 0.3) is 0 Å². The van der Waals surface area contributed by atoms with Crippen LogP contribution in [0.4, 0.5) is 0 Å². The van der Waals surface area contributed by atoms with Crippen molar-refractivity contribution < 1.29 is 4.79 Å². The van der Waals surface area contributed by atoms with Crippen LogP contribution in [0.25, 0.3) is 16.6 Å². The first-order valence-corrected chi connectivity index (χ1v) is 9.77. The number of benzene rings is 1. The number of nitrogens with one attached hydrogen (secondary N) is 1. The van der Waals surface area contributed by atoms with Gasteiger partial charge in [-0.15, -0.1) is 10.2 Å². The maximum atomic E-state index is 12.5. The molecule has 4 aromatic rings. The molecule has 28 heavy (non-hydrogen) atoms. The fraction of sp³-hybridized carbons (Fsp3) is 0.318. The highest BCUT2D eigenvalue weighted by molar-refractivity contribution is 5.89. The van der Waals surface area contributed by atoms with Crippen LogP contribution in [-0.4, -0.2) is 31.6 Å². The second-order valence-electron chi connectivity index (χ2n) is 7.35. The van der Waals surface area contributed by atoms with E-state index in [-0.39, 0.29) is 5.91 Å². The Kier molecular flexibility index (Phi) is 5.10. The maximum Gasteiger partial charge on any atom is 0.224 e. The predicted octanol–water partition coefficient (Wildman–Crippen LogP) is 3.56. The lowest BCUT2D eigenvalue weighted by Gasteiger charge is -2.08. The first-order chi connectivity index (χ1) is 13.6. The van der Waals surface area contributed by atoms with Crippen LogP contribution in [0.2, 0.25) is 0 Å². The summed E-state index contributed by atoms with van der Waals surface area (Å²) in [6, 6.07) is 14.5. The van der Waals surface area contributed by atoms with E-state index in [1.165, 1.54) is 5.52 Å². The van der Waals surface area contributed by atoms with Gasteiger partial charge in [-0.25, -0.2) is 0 Å². The lowest BCUT2D eigenvalue weighted by molar-refractivity contribution is -0.120. The quantitative estimate of drug-likeness (QED) is 0.502. The molecule has 0 saturated heterocycles. The molecule has 0 fully saturated rings. The van der Waals surface area contributed by atoms with Gasteiger partial charge in [0.1, 0.15) is 5.82 Å². The molecule has 0 aliphatic heterocycles. The van der Waals surface area contributed by atoms with Gasteiger partial charge in [0.05, 0.1) is 6.42 Å². The van der Waals surface area contributed by atoms with Gasteiger partial charge in [0.2, 0.25) is 5.91 Å². The van der Waals surface area contributed by atoms with Crippen molar-refractivity contribution in [1.82, 2.24) is 24.5 Å². The number of hydrogen-bond donors (Lipinski definition) is 1. The summed E-state index contributed by atoms with van der Waals surface area (Å²) in [6.45, 7) is 4.94. The third-order valence-corrected chi connectivity index (χ3v) is 5.01. The molecule has 1 aromatic carbocycles. The Morgan fingerprint density at radius 2 is 1.93 bits per heavy atom. The molecule has 0 aliphatic rings. The molecule has 6 heteroatoms. The Bertz CT molecular complexity index is 1110. The van der Waals surface area contributed by atoms with Crippen molar-refractivity contribution in [2.45, 2.75) is 39.2 Å². The molecule has 0 radical (unpaired) electrons. The molecule has 3 aromatic heterocycles. The van der Waals surface area contributed by atoms with Crippen LogP contribution >= 0.6 is 0 Å². The number of carbonyl (C=O) groups is 1. The van der Waals surface area contributed by atoms with E-state index >= 15 is 0 Å². The van der Waals surface area contributed by atoms with E-state index in [2.05, 4.69) is 52.3 Å². The van der Waals surface area contributed by atoms with Gasteiger partial charge in [-0.1, -0.05) is 24.3 Å². The van der Waals surface area contributed by atoms with Crippen LogP contribution in [0, 0.1) is 0 Å². The number of carbonyl (C=O) groups excluding carboxylic acids is 1. The summed E-state index contributed by atoms with van der Waals surface area (Å²) in [4.78, 5) is 12.5. The van der Waals surface area contributed by atoms with Gasteiger partial charge >= 0.3 is 0 Å². The number of pyridine rings is 1. The second-order valence-corrected chi connectivity index (χ2v) is 7.35. The topological polar surface area (TPSA) is 64.2 Å². The molecule has 0 bridgehead atoms. The normalized spacial score (nSPS) is 11.5. The molecule has 0 spiro atoms. The summed E-state index contributed by atoms with van der Waals surface area (Å²) >= 11 is 0. The van der Waals surface area contributed by atoms with Crippen LogP contribution in [0.15, 0.2) is 54.9 Å². The lowest BCUT2D eigenvalue weighted by Crippen LogP contribution is -2.26. The third-order valence-electron chi connectivity index (χ3n) is 5.01. The standard InChI is InChI=1S/C22H25N5O/c1-16(2)27-15-17(18-8-3-4-9-19(18)27)14-22(28)23-12-7-11-21-25-24-20-10-5-6-13-26(20)21/h3-6,8-10,13,15-16H,7,11-12,14H2,1-2H3,(H,23,28). The third kappa shape index (κ3) is 3.63. The fourth-order valence-corrected chi connectivity index (χ4v) is 3.62.